The predicted octanol–water partition coefficient (Wildman–Crippen LogP) is 5.68. The van der Waals surface area contributed by atoms with Crippen molar-refractivity contribution >= 4 is 23.5 Å². The van der Waals surface area contributed by atoms with Gasteiger partial charge in [0.2, 0.25) is 0 Å². The highest BCUT2D eigenvalue weighted by Gasteiger charge is 2.27. The molecular formula is C33H54N4O3. The van der Waals surface area contributed by atoms with Crippen LogP contribution >= 0.6 is 0 Å². The van der Waals surface area contributed by atoms with Gasteiger partial charge in [0.15, 0.2) is 6.29 Å². The van der Waals surface area contributed by atoms with Crippen LogP contribution in [0.2, 0.25) is 0 Å². The number of hydrogen-bond donors (Lipinski definition) is 3. The first kappa shape index (κ1) is 35.3. The summed E-state index contributed by atoms with van der Waals surface area (Å²) in [6.07, 6.45) is 8.25. The van der Waals surface area contributed by atoms with E-state index in [4.69, 9.17) is 5.11 Å². The van der Waals surface area contributed by atoms with Crippen molar-refractivity contribution in [1.82, 2.24) is 20.1 Å². The van der Waals surface area contributed by atoms with E-state index in [1.807, 2.05) is 59.1 Å². The molecule has 1 saturated heterocycles. The molecule has 1 aliphatic rings. The highest BCUT2D eigenvalue weighted by atomic mass is 16.3. The number of β-amino-alcohol motifs (C(OH)–C–C–N with tert-alkyl or cyclic N) is 1. The van der Waals surface area contributed by atoms with Crippen molar-refractivity contribution in [1.29, 1.82) is 0 Å². The molecule has 3 N–H and O–H groups in total. The molecule has 2 heterocycles. The number of rotatable bonds is 12. The molecule has 3 rings (SSSR count). The molecule has 1 atom stereocenters. The first-order valence-electron chi connectivity index (χ1n) is 14.9. The van der Waals surface area contributed by atoms with E-state index in [0.717, 1.165) is 96.9 Å². The summed E-state index contributed by atoms with van der Waals surface area (Å²) in [5.74, 6) is 0.610. The number of carbonyl (C=O) groups excluding carboxylic acids is 2. The largest absolute Gasteiger partial charge is 0.395 e. The monoisotopic (exact) mass is 554 g/mol. The average molecular weight is 555 g/mol. The average Bonchev–Trinajstić information content (AvgIpc) is 3.27. The lowest BCUT2D eigenvalue weighted by Crippen LogP contribution is -2.37. The van der Waals surface area contributed by atoms with Crippen LogP contribution in [-0.2, 0) is 4.79 Å². The zero-order valence-electron chi connectivity index (χ0n) is 26.2. The maximum absolute atomic E-state index is 11.5. The minimum atomic E-state index is 0.240. The molecule has 40 heavy (non-hydrogen) atoms. The van der Waals surface area contributed by atoms with Crippen LogP contribution in [0, 0.1) is 12.8 Å². The van der Waals surface area contributed by atoms with Gasteiger partial charge in [0, 0.05) is 59.6 Å². The number of nitrogens with zero attached hydrogens (tertiary/aromatic N) is 2. The van der Waals surface area contributed by atoms with E-state index in [1.54, 1.807) is 0 Å². The van der Waals surface area contributed by atoms with E-state index in [-0.39, 0.29) is 6.61 Å². The van der Waals surface area contributed by atoms with E-state index >= 15 is 0 Å². The maximum Gasteiger partial charge on any atom is 0.152 e. The molecule has 0 aliphatic carbocycles. The van der Waals surface area contributed by atoms with Crippen molar-refractivity contribution in [3.63, 3.8) is 0 Å². The number of aldehydes is 2. The van der Waals surface area contributed by atoms with Crippen LogP contribution in [0.4, 0.5) is 0 Å². The van der Waals surface area contributed by atoms with Gasteiger partial charge in [-0.15, -0.1) is 0 Å². The van der Waals surface area contributed by atoms with Gasteiger partial charge in [0.05, 0.1) is 6.61 Å². The van der Waals surface area contributed by atoms with E-state index in [0.29, 0.717) is 18.5 Å². The van der Waals surface area contributed by atoms with Gasteiger partial charge >= 0.3 is 0 Å². The Kier molecular flexibility index (Phi) is 17.1. The number of piperidine rings is 1. The summed E-state index contributed by atoms with van der Waals surface area (Å²) in [6, 6.07) is 8.58. The number of benzene rings is 1. The zero-order valence-corrected chi connectivity index (χ0v) is 26.2. The number of likely N-dealkylation sites (tertiary alicyclic amines) is 1. The van der Waals surface area contributed by atoms with Gasteiger partial charge in [0.1, 0.15) is 6.29 Å². The molecule has 0 spiro atoms. The minimum Gasteiger partial charge on any atom is -0.395 e. The Morgan fingerprint density at radius 1 is 1.12 bits per heavy atom. The molecule has 0 radical (unpaired) electrons. The molecule has 1 fully saturated rings. The Hall–Kier alpha value is -2.74. The summed E-state index contributed by atoms with van der Waals surface area (Å²) in [5.41, 5.74) is 6.10. The van der Waals surface area contributed by atoms with Crippen molar-refractivity contribution in [2.75, 3.05) is 46.9 Å². The number of likely N-dealkylation sites (N-methyl/N-ethyl adjacent to an activating group) is 1. The van der Waals surface area contributed by atoms with Crippen LogP contribution in [0.25, 0.3) is 10.9 Å². The molecule has 1 aromatic heterocycles. The first-order chi connectivity index (χ1) is 19.4. The topological polar surface area (TPSA) is 86.6 Å². The Morgan fingerprint density at radius 2 is 1.77 bits per heavy atom. The van der Waals surface area contributed by atoms with E-state index in [9.17, 15) is 9.59 Å². The molecule has 224 valence electrons. The van der Waals surface area contributed by atoms with Gasteiger partial charge in [-0.05, 0) is 83.8 Å². The van der Waals surface area contributed by atoms with Gasteiger partial charge in [0.25, 0.3) is 0 Å². The Morgan fingerprint density at radius 3 is 2.30 bits per heavy atom. The molecule has 2 aromatic rings. The van der Waals surface area contributed by atoms with Gasteiger partial charge < -0.3 is 25.2 Å². The highest BCUT2D eigenvalue weighted by molar-refractivity contribution is 5.99. The molecule has 0 saturated carbocycles. The Labute approximate surface area is 242 Å². The second kappa shape index (κ2) is 19.4. The maximum atomic E-state index is 11.5. The van der Waals surface area contributed by atoms with Crippen LogP contribution in [0.5, 0.6) is 0 Å². The summed E-state index contributed by atoms with van der Waals surface area (Å²) in [6.45, 7) is 16.2. The van der Waals surface area contributed by atoms with E-state index in [2.05, 4.69) is 46.9 Å². The molecule has 7 nitrogen and oxygen atoms in total. The zero-order chi connectivity index (χ0) is 30.1. The fourth-order valence-electron chi connectivity index (χ4n) is 5.45. The Balaban J connectivity index is 0.000000411. The van der Waals surface area contributed by atoms with Crippen molar-refractivity contribution in [2.45, 2.75) is 73.3 Å². The lowest BCUT2D eigenvalue weighted by atomic mass is 9.90. The third-order valence-corrected chi connectivity index (χ3v) is 7.69. The van der Waals surface area contributed by atoms with E-state index in [1.165, 1.54) is 0 Å². The SMILES string of the molecule is CC.CCCC(/C=C(/C)NC)=C(/C=O)CNC.Cc1c(C=O)c2ccccc2n1C(C)C1CCN(CCO)CC1. The van der Waals surface area contributed by atoms with Gasteiger partial charge in [-0.25, -0.2) is 0 Å². The molecule has 1 aromatic carbocycles. The number of para-hydroxylation sites is 1. The molecule has 1 unspecified atom stereocenters. The fourth-order valence-corrected chi connectivity index (χ4v) is 5.45. The van der Waals surface area contributed by atoms with Crippen LogP contribution in [0.3, 0.4) is 0 Å². The minimum absolute atomic E-state index is 0.240. The summed E-state index contributed by atoms with van der Waals surface area (Å²) in [5, 5.41) is 16.2. The highest BCUT2D eigenvalue weighted by Crippen LogP contribution is 2.35. The Bertz CT molecular complexity index is 1090. The normalized spacial score (nSPS) is 15.8. The molecular weight excluding hydrogens is 500 g/mol. The summed E-state index contributed by atoms with van der Waals surface area (Å²) < 4.78 is 2.35. The summed E-state index contributed by atoms with van der Waals surface area (Å²) in [4.78, 5) is 24.8. The molecule has 0 amide bonds. The van der Waals surface area contributed by atoms with Crippen molar-refractivity contribution in [3.8, 4) is 0 Å². The number of carbonyl (C=O) groups is 2. The van der Waals surface area contributed by atoms with Gasteiger partial charge in [-0.2, -0.15) is 0 Å². The third kappa shape index (κ3) is 9.72. The third-order valence-electron chi connectivity index (χ3n) is 7.69. The van der Waals surface area contributed by atoms with Crippen LogP contribution in [0.15, 0.2) is 47.2 Å². The second-order valence-corrected chi connectivity index (χ2v) is 10.2. The van der Waals surface area contributed by atoms with Crippen molar-refractivity contribution in [2.24, 2.45) is 5.92 Å². The van der Waals surface area contributed by atoms with Crippen molar-refractivity contribution in [3.05, 3.63) is 58.4 Å². The molecule has 7 heteroatoms. The quantitative estimate of drug-likeness (QED) is 0.178. The number of nitrogens with one attached hydrogen (secondary N) is 2. The lowest BCUT2D eigenvalue weighted by Gasteiger charge is -2.35. The van der Waals surface area contributed by atoms with Gasteiger partial charge in [-0.1, -0.05) is 45.4 Å². The number of allylic oxidation sites excluding steroid dienone is 3. The molecule has 1 aliphatic heterocycles. The number of aliphatic hydroxyl groups excluding tert-OH is 1. The van der Waals surface area contributed by atoms with Gasteiger partial charge in [-0.3, -0.25) is 9.59 Å². The first-order valence-corrected chi connectivity index (χ1v) is 14.9. The van der Waals surface area contributed by atoms with Crippen LogP contribution in [0.1, 0.15) is 82.4 Å². The lowest BCUT2D eigenvalue weighted by molar-refractivity contribution is -0.105. The number of fused-ring (bicyclic) bond motifs is 1. The van der Waals surface area contributed by atoms with Crippen molar-refractivity contribution < 1.29 is 14.7 Å². The molecule has 0 bridgehead atoms. The number of hydrogen-bond acceptors (Lipinski definition) is 6. The van der Waals surface area contributed by atoms with E-state index < -0.39 is 0 Å². The number of aliphatic hydroxyl groups is 1. The van der Waals surface area contributed by atoms with Crippen LogP contribution < -0.4 is 10.6 Å². The number of aromatic nitrogens is 1. The smallest absolute Gasteiger partial charge is 0.152 e. The van der Waals surface area contributed by atoms with Crippen LogP contribution in [-0.4, -0.2) is 74.0 Å². The second-order valence-electron chi connectivity index (χ2n) is 10.2. The fraction of sp³-hybridized carbons (Fsp3) is 0.576. The summed E-state index contributed by atoms with van der Waals surface area (Å²) in [7, 11) is 3.73. The standard InChI is InChI=1S/C19H26N2O2.C12H22N2O.C2H6/c1-14(16-7-9-20(10-8-16)11-12-22)21-15(2)18(13-23)17-5-3-4-6-19(17)21;1-5-6-11(7-10(2)14-4)12(9-15)8-13-3;1-2/h3-6,13-14,16,22H,7-12H2,1-2H3;7,9,13-14H,5-6,8H2,1-4H3;1-2H3/b;10-7-,12-11-;. The predicted molar refractivity (Wildman–Crippen MR) is 169 cm³/mol. The summed E-state index contributed by atoms with van der Waals surface area (Å²) >= 11 is 0.